The van der Waals surface area contributed by atoms with Gasteiger partial charge in [0.25, 0.3) is 0 Å². The smallest absolute Gasteiger partial charge is 0.250 e. The molecule has 1 aromatic rings. The molecule has 0 fully saturated rings. The number of ether oxygens (including phenoxy) is 1. The standard InChI is InChI=1S/C15H19NO3/c1-11(2)19-10-15(18)16-14-9-13(5-4-8-17)7-6-12(14)3/h6-7,9,11,17H,8,10H2,1-3H3,(H,16,18). The summed E-state index contributed by atoms with van der Waals surface area (Å²) in [6.07, 6.45) is 0.0219. The summed E-state index contributed by atoms with van der Waals surface area (Å²) in [5.41, 5.74) is 2.41. The van der Waals surface area contributed by atoms with Crippen LogP contribution in [0, 0.1) is 18.8 Å². The predicted molar refractivity (Wildman–Crippen MR) is 74.9 cm³/mol. The zero-order chi connectivity index (χ0) is 14.3. The highest BCUT2D eigenvalue weighted by Gasteiger charge is 2.06. The summed E-state index contributed by atoms with van der Waals surface area (Å²) in [7, 11) is 0. The van der Waals surface area contributed by atoms with Crippen LogP contribution < -0.4 is 5.32 Å². The van der Waals surface area contributed by atoms with Gasteiger partial charge in [-0.15, -0.1) is 0 Å². The number of rotatable bonds is 4. The number of aliphatic hydroxyl groups is 1. The highest BCUT2D eigenvalue weighted by molar-refractivity contribution is 5.92. The molecule has 0 saturated carbocycles. The van der Waals surface area contributed by atoms with Gasteiger partial charge in [-0.25, -0.2) is 0 Å². The molecule has 0 spiro atoms. The number of anilines is 1. The number of benzene rings is 1. The SMILES string of the molecule is Cc1ccc(C#CCO)cc1NC(=O)COC(C)C. The van der Waals surface area contributed by atoms with Gasteiger partial charge in [0.2, 0.25) is 5.91 Å². The summed E-state index contributed by atoms with van der Waals surface area (Å²) in [5.74, 6) is 5.18. The Kier molecular flexibility index (Phi) is 6.07. The van der Waals surface area contributed by atoms with Crippen LogP contribution in [0.15, 0.2) is 18.2 Å². The molecule has 0 saturated heterocycles. The van der Waals surface area contributed by atoms with E-state index in [-0.39, 0.29) is 25.2 Å². The van der Waals surface area contributed by atoms with Crippen LogP contribution in [-0.2, 0) is 9.53 Å². The number of carbonyl (C=O) groups excluding carboxylic acids is 1. The lowest BCUT2D eigenvalue weighted by Gasteiger charge is -2.10. The van der Waals surface area contributed by atoms with Gasteiger partial charge in [0.15, 0.2) is 0 Å². The molecule has 0 aliphatic rings. The van der Waals surface area contributed by atoms with E-state index >= 15 is 0 Å². The maximum atomic E-state index is 11.7. The minimum atomic E-state index is -0.191. The highest BCUT2D eigenvalue weighted by Crippen LogP contribution is 2.16. The second-order valence-electron chi connectivity index (χ2n) is 4.40. The van der Waals surface area contributed by atoms with Crippen molar-refractivity contribution in [1.82, 2.24) is 0 Å². The van der Waals surface area contributed by atoms with Gasteiger partial charge in [-0.3, -0.25) is 4.79 Å². The normalized spacial score (nSPS) is 9.95. The number of carbonyl (C=O) groups is 1. The number of amides is 1. The van der Waals surface area contributed by atoms with Crippen LogP contribution in [0.2, 0.25) is 0 Å². The molecule has 0 aliphatic carbocycles. The lowest BCUT2D eigenvalue weighted by molar-refractivity contribution is -0.121. The first-order valence-corrected chi connectivity index (χ1v) is 6.14. The van der Waals surface area contributed by atoms with E-state index < -0.39 is 0 Å². The Morgan fingerprint density at radius 3 is 2.84 bits per heavy atom. The van der Waals surface area contributed by atoms with E-state index in [0.717, 1.165) is 11.1 Å². The molecule has 0 atom stereocenters. The van der Waals surface area contributed by atoms with Crippen molar-refractivity contribution in [3.8, 4) is 11.8 Å². The molecule has 1 aromatic carbocycles. The molecule has 1 rings (SSSR count). The van der Waals surface area contributed by atoms with Crippen molar-refractivity contribution in [2.24, 2.45) is 0 Å². The number of aliphatic hydroxyl groups excluding tert-OH is 1. The van der Waals surface area contributed by atoms with Crippen molar-refractivity contribution < 1.29 is 14.6 Å². The third kappa shape index (κ3) is 5.56. The molecule has 2 N–H and O–H groups in total. The average Bonchev–Trinajstić information content (AvgIpc) is 2.37. The molecule has 4 heteroatoms. The molecule has 4 nitrogen and oxygen atoms in total. The third-order valence-electron chi connectivity index (χ3n) is 2.37. The van der Waals surface area contributed by atoms with E-state index in [1.165, 1.54) is 0 Å². The van der Waals surface area contributed by atoms with Crippen LogP contribution in [-0.4, -0.2) is 30.3 Å². The molecule has 0 heterocycles. The molecular formula is C15H19NO3. The van der Waals surface area contributed by atoms with Crippen molar-refractivity contribution in [2.45, 2.75) is 26.9 Å². The first kappa shape index (κ1) is 15.2. The summed E-state index contributed by atoms with van der Waals surface area (Å²) < 4.78 is 5.24. The molecular weight excluding hydrogens is 242 g/mol. The fraction of sp³-hybridized carbons (Fsp3) is 0.400. The van der Waals surface area contributed by atoms with Crippen LogP contribution in [0.25, 0.3) is 0 Å². The van der Waals surface area contributed by atoms with E-state index in [9.17, 15) is 4.79 Å². The summed E-state index contributed by atoms with van der Waals surface area (Å²) in [5, 5.41) is 11.4. The lowest BCUT2D eigenvalue weighted by Crippen LogP contribution is -2.21. The van der Waals surface area contributed by atoms with Crippen LogP contribution in [0.3, 0.4) is 0 Å². The minimum absolute atomic E-state index is 0.0219. The molecule has 0 aromatic heterocycles. The Labute approximate surface area is 113 Å². The Bertz CT molecular complexity index is 498. The Morgan fingerprint density at radius 1 is 1.47 bits per heavy atom. The summed E-state index contributed by atoms with van der Waals surface area (Å²) in [6.45, 7) is 5.51. The van der Waals surface area contributed by atoms with Gasteiger partial charge in [-0.05, 0) is 38.5 Å². The largest absolute Gasteiger partial charge is 0.384 e. The number of aryl methyl sites for hydroxylation is 1. The van der Waals surface area contributed by atoms with E-state index in [4.69, 9.17) is 9.84 Å². The van der Waals surface area contributed by atoms with Crippen LogP contribution >= 0.6 is 0 Å². The predicted octanol–water partition coefficient (Wildman–Crippen LogP) is 1.70. The fourth-order valence-electron chi connectivity index (χ4n) is 1.40. The zero-order valence-corrected chi connectivity index (χ0v) is 11.5. The van der Waals surface area contributed by atoms with Crippen LogP contribution in [0.4, 0.5) is 5.69 Å². The minimum Gasteiger partial charge on any atom is -0.384 e. The second kappa shape index (κ2) is 7.57. The van der Waals surface area contributed by atoms with Gasteiger partial charge < -0.3 is 15.2 Å². The fourth-order valence-corrected chi connectivity index (χ4v) is 1.40. The number of nitrogens with one attached hydrogen (secondary N) is 1. The van der Waals surface area contributed by atoms with Crippen molar-refractivity contribution in [3.05, 3.63) is 29.3 Å². The monoisotopic (exact) mass is 261 g/mol. The summed E-state index contributed by atoms with van der Waals surface area (Å²) >= 11 is 0. The van der Waals surface area contributed by atoms with E-state index in [1.807, 2.05) is 32.9 Å². The quantitative estimate of drug-likeness (QED) is 0.811. The van der Waals surface area contributed by atoms with Gasteiger partial charge in [0, 0.05) is 11.3 Å². The maximum absolute atomic E-state index is 11.7. The highest BCUT2D eigenvalue weighted by atomic mass is 16.5. The molecule has 0 unspecified atom stereocenters. The lowest BCUT2D eigenvalue weighted by atomic mass is 10.1. The van der Waals surface area contributed by atoms with Gasteiger partial charge in [0.05, 0.1) is 6.10 Å². The first-order chi connectivity index (χ1) is 9.02. The van der Waals surface area contributed by atoms with Crippen molar-refractivity contribution >= 4 is 11.6 Å². The zero-order valence-electron chi connectivity index (χ0n) is 11.5. The summed E-state index contributed by atoms with van der Waals surface area (Å²) in [4.78, 5) is 11.7. The van der Waals surface area contributed by atoms with Crippen molar-refractivity contribution in [3.63, 3.8) is 0 Å². The molecule has 19 heavy (non-hydrogen) atoms. The van der Waals surface area contributed by atoms with Gasteiger partial charge in [-0.2, -0.15) is 0 Å². The van der Waals surface area contributed by atoms with Crippen molar-refractivity contribution in [1.29, 1.82) is 0 Å². The molecule has 0 radical (unpaired) electrons. The van der Waals surface area contributed by atoms with Crippen LogP contribution in [0.1, 0.15) is 25.0 Å². The van der Waals surface area contributed by atoms with Gasteiger partial charge >= 0.3 is 0 Å². The molecule has 0 bridgehead atoms. The topological polar surface area (TPSA) is 58.6 Å². The molecule has 1 amide bonds. The van der Waals surface area contributed by atoms with Gasteiger partial charge in [-0.1, -0.05) is 17.9 Å². The van der Waals surface area contributed by atoms with Gasteiger partial charge in [0.1, 0.15) is 13.2 Å². The van der Waals surface area contributed by atoms with Crippen molar-refractivity contribution in [2.75, 3.05) is 18.5 Å². The maximum Gasteiger partial charge on any atom is 0.250 e. The summed E-state index contributed by atoms with van der Waals surface area (Å²) in [6, 6.07) is 5.50. The second-order valence-corrected chi connectivity index (χ2v) is 4.40. The van der Waals surface area contributed by atoms with E-state index in [1.54, 1.807) is 6.07 Å². The third-order valence-corrected chi connectivity index (χ3v) is 2.37. The molecule has 0 aliphatic heterocycles. The van der Waals surface area contributed by atoms with Crippen LogP contribution in [0.5, 0.6) is 0 Å². The molecule has 102 valence electrons. The van der Waals surface area contributed by atoms with E-state index in [2.05, 4.69) is 17.2 Å². The number of hydrogen-bond donors (Lipinski definition) is 2. The number of hydrogen-bond acceptors (Lipinski definition) is 3. The Hall–Kier alpha value is -1.83. The van der Waals surface area contributed by atoms with E-state index in [0.29, 0.717) is 5.69 Å². The Balaban J connectivity index is 2.74. The Morgan fingerprint density at radius 2 is 2.21 bits per heavy atom. The average molecular weight is 261 g/mol. The first-order valence-electron chi connectivity index (χ1n) is 6.14.